The second-order valence-corrected chi connectivity index (χ2v) is 8.94. The summed E-state index contributed by atoms with van der Waals surface area (Å²) in [4.78, 5) is 35.0. The molecule has 1 rings (SSSR count). The maximum absolute atomic E-state index is 12.0. The van der Waals surface area contributed by atoms with E-state index in [-0.39, 0.29) is 18.7 Å². The molecule has 1 amide bonds. The third-order valence-corrected chi connectivity index (χ3v) is 5.81. The number of nitrogens with one attached hydrogen (secondary N) is 1. The third kappa shape index (κ3) is 12.3. The lowest BCUT2D eigenvalue weighted by Gasteiger charge is -2.38. The SMILES string of the molecule is COCCCCCCCCCCCC(=O)NC(Cc1ccccc1)P(=O)([O-])[O-]. The topological polar surface area (TPSA) is 102 Å². The second-order valence-electron chi connectivity index (χ2n) is 7.24. The Balaban J connectivity index is 2.15. The van der Waals surface area contributed by atoms with Crippen LogP contribution in [-0.2, 0) is 20.5 Å². The Morgan fingerprint density at radius 1 is 0.964 bits per heavy atom. The molecule has 6 nitrogen and oxygen atoms in total. The molecule has 1 N–H and O–H groups in total. The molecule has 0 radical (unpaired) electrons. The average Bonchev–Trinajstić information content (AvgIpc) is 2.65. The molecule has 160 valence electrons. The number of unbranched alkanes of at least 4 members (excludes halogenated alkanes) is 8. The summed E-state index contributed by atoms with van der Waals surface area (Å²) < 4.78 is 16.5. The van der Waals surface area contributed by atoms with Crippen LogP contribution >= 0.6 is 7.60 Å². The van der Waals surface area contributed by atoms with E-state index in [1.165, 1.54) is 25.7 Å². The van der Waals surface area contributed by atoms with Crippen LogP contribution < -0.4 is 15.1 Å². The van der Waals surface area contributed by atoms with E-state index in [4.69, 9.17) is 4.74 Å². The van der Waals surface area contributed by atoms with Gasteiger partial charge in [0.25, 0.3) is 0 Å². The number of carbonyl (C=O) groups excluding carboxylic acids is 1. The lowest BCUT2D eigenvalue weighted by molar-refractivity contribution is -0.317. The Hall–Kier alpha value is -1.20. The monoisotopic (exact) mass is 411 g/mol. The van der Waals surface area contributed by atoms with E-state index < -0.39 is 13.4 Å². The predicted octanol–water partition coefficient (Wildman–Crippen LogP) is 3.13. The molecule has 0 spiro atoms. The molecule has 7 heteroatoms. The Bertz CT molecular complexity index is 575. The number of amides is 1. The van der Waals surface area contributed by atoms with Crippen molar-refractivity contribution in [3.8, 4) is 0 Å². The molecule has 0 aliphatic heterocycles. The van der Waals surface area contributed by atoms with E-state index in [1.54, 1.807) is 31.4 Å². The Labute approximate surface area is 169 Å². The van der Waals surface area contributed by atoms with E-state index in [2.05, 4.69) is 5.32 Å². The molecule has 1 aromatic carbocycles. The van der Waals surface area contributed by atoms with Gasteiger partial charge in [0.05, 0.1) is 5.78 Å². The summed E-state index contributed by atoms with van der Waals surface area (Å²) in [5, 5.41) is 2.40. The number of rotatable bonds is 16. The van der Waals surface area contributed by atoms with Crippen LogP contribution in [0.15, 0.2) is 30.3 Å². The zero-order chi connectivity index (χ0) is 20.7. The maximum atomic E-state index is 12.0. The lowest BCUT2D eigenvalue weighted by atomic mass is 10.1. The fourth-order valence-electron chi connectivity index (χ4n) is 3.11. The van der Waals surface area contributed by atoms with E-state index in [1.807, 2.05) is 6.07 Å². The van der Waals surface area contributed by atoms with Crippen molar-refractivity contribution in [2.75, 3.05) is 13.7 Å². The molecule has 0 saturated heterocycles. The zero-order valence-electron chi connectivity index (χ0n) is 16.9. The van der Waals surface area contributed by atoms with Crippen molar-refractivity contribution in [2.45, 2.75) is 76.4 Å². The zero-order valence-corrected chi connectivity index (χ0v) is 17.8. The van der Waals surface area contributed by atoms with Crippen molar-refractivity contribution in [3.63, 3.8) is 0 Å². The highest BCUT2D eigenvalue weighted by atomic mass is 31.2. The number of hydrogen-bond donors (Lipinski definition) is 1. The van der Waals surface area contributed by atoms with Crippen LogP contribution in [0.3, 0.4) is 0 Å². The smallest absolute Gasteiger partial charge is 0.220 e. The van der Waals surface area contributed by atoms with Gasteiger partial charge >= 0.3 is 0 Å². The van der Waals surface area contributed by atoms with Crippen molar-refractivity contribution >= 4 is 13.5 Å². The molecule has 0 fully saturated rings. The molecule has 0 bridgehead atoms. The van der Waals surface area contributed by atoms with Gasteiger partial charge in [0.15, 0.2) is 0 Å². The van der Waals surface area contributed by atoms with Gasteiger partial charge in [-0.25, -0.2) is 0 Å². The van der Waals surface area contributed by atoms with Crippen molar-refractivity contribution in [3.05, 3.63) is 35.9 Å². The summed E-state index contributed by atoms with van der Waals surface area (Å²) in [6, 6.07) is 8.84. The van der Waals surface area contributed by atoms with Gasteiger partial charge in [0.2, 0.25) is 5.91 Å². The first kappa shape index (κ1) is 24.8. The van der Waals surface area contributed by atoms with Gasteiger partial charge in [-0.05, 0) is 32.4 Å². The Morgan fingerprint density at radius 3 is 2.04 bits per heavy atom. The lowest BCUT2D eigenvalue weighted by Crippen LogP contribution is -2.42. The molecule has 0 saturated carbocycles. The first-order chi connectivity index (χ1) is 13.4. The Kier molecular flexibility index (Phi) is 13.1. The highest BCUT2D eigenvalue weighted by molar-refractivity contribution is 7.49. The van der Waals surface area contributed by atoms with Crippen molar-refractivity contribution in [1.82, 2.24) is 5.32 Å². The van der Waals surface area contributed by atoms with E-state index >= 15 is 0 Å². The maximum Gasteiger partial charge on any atom is 0.220 e. The van der Waals surface area contributed by atoms with E-state index in [0.717, 1.165) is 32.3 Å². The van der Waals surface area contributed by atoms with Gasteiger partial charge in [-0.3, -0.25) is 4.79 Å². The number of benzene rings is 1. The minimum Gasteiger partial charge on any atom is -0.809 e. The van der Waals surface area contributed by atoms with Crippen molar-refractivity contribution < 1.29 is 23.9 Å². The van der Waals surface area contributed by atoms with Crippen molar-refractivity contribution in [1.29, 1.82) is 0 Å². The summed E-state index contributed by atoms with van der Waals surface area (Å²) in [5.74, 6) is -1.76. The molecule has 0 aliphatic rings. The molecule has 1 aromatic rings. The van der Waals surface area contributed by atoms with E-state index in [9.17, 15) is 19.1 Å². The first-order valence-corrected chi connectivity index (χ1v) is 11.9. The second kappa shape index (κ2) is 14.7. The molecule has 0 aromatic heterocycles. The average molecular weight is 411 g/mol. The van der Waals surface area contributed by atoms with E-state index in [0.29, 0.717) is 12.0 Å². The number of ether oxygens (including phenoxy) is 1. The van der Waals surface area contributed by atoms with Crippen LogP contribution in [-0.4, -0.2) is 25.4 Å². The summed E-state index contributed by atoms with van der Waals surface area (Å²) in [7, 11) is -3.18. The van der Waals surface area contributed by atoms with Gasteiger partial charge in [-0.2, -0.15) is 0 Å². The third-order valence-electron chi connectivity index (χ3n) is 4.73. The fourth-order valence-corrected chi connectivity index (χ4v) is 3.84. The van der Waals surface area contributed by atoms with Gasteiger partial charge in [0, 0.05) is 20.1 Å². The number of methoxy groups -OCH3 is 1. The minimum absolute atomic E-state index is 0.00123. The molecular formula is C21H34NO5P-2. The normalized spacial score (nSPS) is 12.7. The standard InChI is InChI=1S/C21H36NO5P/c1-27-17-13-8-6-4-2-3-5-7-12-16-20(23)22-21(28(24,25)26)18-19-14-10-9-11-15-19/h9-11,14-15,21H,2-8,12-13,16-18H2,1H3,(H,22,23)(H2,24,25,26)/p-2. The predicted molar refractivity (Wildman–Crippen MR) is 108 cm³/mol. The van der Waals surface area contributed by atoms with Crippen LogP contribution in [0.2, 0.25) is 0 Å². The fraction of sp³-hybridized carbons (Fsp3) is 0.667. The van der Waals surface area contributed by atoms with Gasteiger partial charge in [-0.1, -0.05) is 75.3 Å². The van der Waals surface area contributed by atoms with Crippen LogP contribution in [0.5, 0.6) is 0 Å². The van der Waals surface area contributed by atoms with Gasteiger partial charge in [0.1, 0.15) is 0 Å². The minimum atomic E-state index is -4.90. The first-order valence-electron chi connectivity index (χ1n) is 10.3. The highest BCUT2D eigenvalue weighted by Gasteiger charge is 2.16. The molecule has 1 unspecified atom stereocenters. The van der Waals surface area contributed by atoms with Crippen LogP contribution in [0.25, 0.3) is 0 Å². The molecule has 0 aliphatic carbocycles. The molecule has 0 heterocycles. The van der Waals surface area contributed by atoms with Crippen molar-refractivity contribution in [2.24, 2.45) is 0 Å². The van der Waals surface area contributed by atoms with Crippen LogP contribution in [0.1, 0.15) is 69.8 Å². The quantitative estimate of drug-likeness (QED) is 0.333. The van der Waals surface area contributed by atoms with Crippen LogP contribution in [0.4, 0.5) is 0 Å². The largest absolute Gasteiger partial charge is 0.809 e. The molecule has 28 heavy (non-hydrogen) atoms. The molecular weight excluding hydrogens is 377 g/mol. The summed E-state index contributed by atoms with van der Waals surface area (Å²) in [6.45, 7) is 0.836. The summed E-state index contributed by atoms with van der Waals surface area (Å²) in [5.41, 5.74) is 0.710. The van der Waals surface area contributed by atoms with Crippen LogP contribution in [0, 0.1) is 0 Å². The van der Waals surface area contributed by atoms with Gasteiger partial charge < -0.3 is 24.4 Å². The molecule has 1 atom stereocenters. The number of hydrogen-bond acceptors (Lipinski definition) is 5. The summed E-state index contributed by atoms with van der Waals surface area (Å²) >= 11 is 0. The highest BCUT2D eigenvalue weighted by Crippen LogP contribution is 2.32. The number of carbonyl (C=O) groups is 1. The Morgan fingerprint density at radius 2 is 1.50 bits per heavy atom. The summed E-state index contributed by atoms with van der Waals surface area (Å²) in [6.07, 6.45) is 10.1. The van der Waals surface area contributed by atoms with Gasteiger partial charge in [-0.15, -0.1) is 0 Å².